The van der Waals surface area contributed by atoms with Gasteiger partial charge in [-0.05, 0) is 70.2 Å². The lowest BCUT2D eigenvalue weighted by atomic mass is 9.79. The smallest absolute Gasteiger partial charge is 0.340 e. The SMILES string of the molecule is CC[C@@](C)(N)c1cnc(O[C@@H](C)CC(C)(C)S(C)(=O)=O)c2cnc(Nc3ccc4c(n3)C(C)(C)[C@@H](C)OC4=O)cc12. The third-order valence-electron chi connectivity index (χ3n) is 8.46. The molecule has 0 amide bonds. The quantitative estimate of drug-likeness (QED) is 0.323. The van der Waals surface area contributed by atoms with Crippen LogP contribution in [0.15, 0.2) is 30.6 Å². The lowest BCUT2D eigenvalue weighted by Crippen LogP contribution is -2.42. The maximum absolute atomic E-state index is 12.4. The molecule has 41 heavy (non-hydrogen) atoms. The second kappa shape index (κ2) is 10.5. The van der Waals surface area contributed by atoms with Crippen molar-refractivity contribution < 1.29 is 22.7 Å². The molecule has 0 bridgehead atoms. The molecule has 0 unspecified atom stereocenters. The number of sulfone groups is 1. The predicted octanol–water partition coefficient (Wildman–Crippen LogP) is 5.17. The molecule has 1 aliphatic heterocycles. The highest BCUT2D eigenvalue weighted by Gasteiger charge is 2.41. The van der Waals surface area contributed by atoms with Crippen LogP contribution in [0.2, 0.25) is 0 Å². The number of nitrogens with two attached hydrogens (primary N) is 1. The summed E-state index contributed by atoms with van der Waals surface area (Å²) in [5.41, 5.74) is 7.49. The summed E-state index contributed by atoms with van der Waals surface area (Å²) in [6.45, 7) is 15.0. The van der Waals surface area contributed by atoms with Gasteiger partial charge in [0.1, 0.15) is 17.7 Å². The molecule has 4 heterocycles. The Hall–Kier alpha value is -3.31. The lowest BCUT2D eigenvalue weighted by Gasteiger charge is -2.36. The lowest BCUT2D eigenvalue weighted by molar-refractivity contribution is 0.00864. The highest BCUT2D eigenvalue weighted by Crippen LogP contribution is 2.38. The monoisotopic (exact) mass is 583 g/mol. The fraction of sp³-hybridized carbons (Fsp3) is 0.533. The molecule has 3 aromatic heterocycles. The summed E-state index contributed by atoms with van der Waals surface area (Å²) >= 11 is 0. The number of ether oxygens (including phenoxy) is 2. The molecule has 11 heteroatoms. The normalized spacial score (nSPS) is 19.2. The second-order valence-electron chi connectivity index (χ2n) is 12.5. The van der Waals surface area contributed by atoms with Gasteiger partial charge in [0, 0.05) is 36.0 Å². The van der Waals surface area contributed by atoms with E-state index >= 15 is 0 Å². The van der Waals surface area contributed by atoms with Crippen molar-refractivity contribution in [3.8, 4) is 5.88 Å². The van der Waals surface area contributed by atoms with E-state index in [0.29, 0.717) is 47.0 Å². The number of rotatable bonds is 9. The molecular formula is C30H41N5O5S. The molecule has 0 spiro atoms. The maximum Gasteiger partial charge on any atom is 0.340 e. The molecule has 3 N–H and O–H groups in total. The summed E-state index contributed by atoms with van der Waals surface area (Å²) in [7, 11) is -3.29. The fourth-order valence-corrected chi connectivity index (χ4v) is 5.41. The van der Waals surface area contributed by atoms with Gasteiger partial charge in [-0.2, -0.15) is 0 Å². The molecule has 1 aliphatic rings. The Balaban J connectivity index is 1.73. The van der Waals surface area contributed by atoms with Gasteiger partial charge in [0.2, 0.25) is 5.88 Å². The highest BCUT2D eigenvalue weighted by atomic mass is 32.2. The Bertz CT molecular complexity index is 1600. The van der Waals surface area contributed by atoms with Crippen LogP contribution >= 0.6 is 0 Å². The number of cyclic esters (lactones) is 1. The topological polar surface area (TPSA) is 146 Å². The van der Waals surface area contributed by atoms with Crippen molar-refractivity contribution in [2.75, 3.05) is 11.6 Å². The standard InChI is InChI=1S/C30H41N5O5S/c1-10-30(8,31)22-16-33-26(39-17(2)14-28(4,5)41(9,37)38)21-15-32-24(13-20(21)22)34-23-12-11-19-25(35-23)29(6,7)18(3)40-27(19)36/h11-13,15-18H,10,14,31H2,1-9H3,(H,32,34,35)/t17-,18+,30+/m0/s1. The minimum absolute atomic E-state index is 0.292. The van der Waals surface area contributed by atoms with Crippen molar-refractivity contribution in [3.05, 3.63) is 47.4 Å². The number of hydrogen-bond donors (Lipinski definition) is 2. The number of carbonyl (C=O) groups is 1. The van der Waals surface area contributed by atoms with Crippen LogP contribution in [0.1, 0.15) is 89.8 Å². The average molecular weight is 584 g/mol. The molecule has 10 nitrogen and oxygen atoms in total. The van der Waals surface area contributed by atoms with E-state index in [9.17, 15) is 13.2 Å². The van der Waals surface area contributed by atoms with Gasteiger partial charge in [-0.1, -0.05) is 20.8 Å². The summed E-state index contributed by atoms with van der Waals surface area (Å²) in [6, 6.07) is 5.33. The summed E-state index contributed by atoms with van der Waals surface area (Å²) in [5, 5.41) is 4.75. The number of nitrogens with zero attached hydrogens (tertiary/aromatic N) is 3. The zero-order valence-electron chi connectivity index (χ0n) is 25.3. The molecule has 4 rings (SSSR count). The molecule has 0 aromatic carbocycles. The van der Waals surface area contributed by atoms with Crippen LogP contribution in [0.25, 0.3) is 10.8 Å². The molecule has 222 valence electrons. The van der Waals surface area contributed by atoms with E-state index < -0.39 is 31.6 Å². The minimum atomic E-state index is -3.29. The number of anilines is 2. The summed E-state index contributed by atoms with van der Waals surface area (Å²) in [4.78, 5) is 26.4. The van der Waals surface area contributed by atoms with Gasteiger partial charge >= 0.3 is 5.97 Å². The van der Waals surface area contributed by atoms with E-state index in [0.717, 1.165) is 10.9 Å². The summed E-state index contributed by atoms with van der Waals surface area (Å²) in [5.74, 6) is 1.05. The second-order valence-corrected chi connectivity index (χ2v) is 15.2. The molecular weight excluding hydrogens is 542 g/mol. The van der Waals surface area contributed by atoms with Gasteiger partial charge in [-0.3, -0.25) is 0 Å². The Labute approximate surface area is 242 Å². The van der Waals surface area contributed by atoms with Crippen LogP contribution in [0, 0.1) is 0 Å². The fourth-order valence-electron chi connectivity index (χ4n) is 4.87. The van der Waals surface area contributed by atoms with Gasteiger partial charge in [0.05, 0.1) is 27.5 Å². The van der Waals surface area contributed by atoms with E-state index in [-0.39, 0.29) is 12.1 Å². The van der Waals surface area contributed by atoms with Gasteiger partial charge < -0.3 is 20.5 Å². The van der Waals surface area contributed by atoms with E-state index in [2.05, 4.69) is 15.3 Å². The first kappa shape index (κ1) is 30.6. The zero-order chi connectivity index (χ0) is 30.5. The number of esters is 1. The third kappa shape index (κ3) is 5.88. The van der Waals surface area contributed by atoms with Crippen LogP contribution < -0.4 is 15.8 Å². The average Bonchev–Trinajstić information content (AvgIpc) is 2.86. The van der Waals surface area contributed by atoms with E-state index in [4.69, 9.17) is 20.2 Å². The largest absolute Gasteiger partial charge is 0.474 e. The van der Waals surface area contributed by atoms with E-state index in [1.807, 2.05) is 47.6 Å². The van der Waals surface area contributed by atoms with E-state index in [1.165, 1.54) is 6.26 Å². The van der Waals surface area contributed by atoms with Gasteiger partial charge in [0.15, 0.2) is 9.84 Å². The van der Waals surface area contributed by atoms with Crippen LogP contribution in [0.5, 0.6) is 5.88 Å². The number of carbonyl (C=O) groups excluding carboxylic acids is 1. The first-order chi connectivity index (χ1) is 18.9. The van der Waals surface area contributed by atoms with Crippen molar-refractivity contribution in [3.63, 3.8) is 0 Å². The Morgan fingerprint density at radius 1 is 1.15 bits per heavy atom. The molecule has 0 saturated carbocycles. The molecule has 3 atom stereocenters. The Morgan fingerprint density at radius 3 is 2.46 bits per heavy atom. The van der Waals surface area contributed by atoms with Crippen LogP contribution in [-0.2, 0) is 25.5 Å². The molecule has 0 fully saturated rings. The van der Waals surface area contributed by atoms with Crippen molar-refractivity contribution in [2.45, 2.75) is 96.1 Å². The van der Waals surface area contributed by atoms with Crippen molar-refractivity contribution in [1.82, 2.24) is 15.0 Å². The molecule has 3 aromatic rings. The predicted molar refractivity (Wildman–Crippen MR) is 160 cm³/mol. The highest BCUT2D eigenvalue weighted by molar-refractivity contribution is 7.92. The first-order valence-corrected chi connectivity index (χ1v) is 15.7. The number of aromatic nitrogens is 3. The van der Waals surface area contributed by atoms with Crippen molar-refractivity contribution >= 4 is 38.2 Å². The number of hydrogen-bond acceptors (Lipinski definition) is 10. The van der Waals surface area contributed by atoms with Crippen LogP contribution in [0.4, 0.5) is 11.6 Å². The summed E-state index contributed by atoms with van der Waals surface area (Å²) < 4.78 is 35.2. The third-order valence-corrected chi connectivity index (χ3v) is 10.6. The Kier molecular flexibility index (Phi) is 7.85. The van der Waals surface area contributed by atoms with Gasteiger partial charge in [0.25, 0.3) is 0 Å². The first-order valence-electron chi connectivity index (χ1n) is 13.8. The number of nitrogens with one attached hydrogen (secondary N) is 1. The van der Waals surface area contributed by atoms with Crippen LogP contribution in [0.3, 0.4) is 0 Å². The minimum Gasteiger partial charge on any atom is -0.474 e. The maximum atomic E-state index is 12.4. The molecule has 0 radical (unpaired) electrons. The van der Waals surface area contributed by atoms with Gasteiger partial charge in [-0.15, -0.1) is 0 Å². The number of fused-ring (bicyclic) bond motifs is 2. The van der Waals surface area contributed by atoms with E-state index in [1.54, 1.807) is 38.4 Å². The Morgan fingerprint density at radius 2 is 1.83 bits per heavy atom. The zero-order valence-corrected chi connectivity index (χ0v) is 26.1. The van der Waals surface area contributed by atoms with Gasteiger partial charge in [-0.25, -0.2) is 28.2 Å². The molecule has 0 saturated heterocycles. The molecule has 0 aliphatic carbocycles. The van der Waals surface area contributed by atoms with Crippen LogP contribution in [-0.4, -0.2) is 52.5 Å². The van der Waals surface area contributed by atoms with Crippen molar-refractivity contribution in [1.29, 1.82) is 0 Å². The van der Waals surface area contributed by atoms with Crippen molar-refractivity contribution in [2.24, 2.45) is 5.73 Å². The number of pyridine rings is 3. The summed E-state index contributed by atoms with van der Waals surface area (Å²) in [6.07, 6.45) is 4.84.